The Hall–Kier alpha value is -0.980. The van der Waals surface area contributed by atoms with Crippen LogP contribution in [0.2, 0.25) is 0 Å². The summed E-state index contributed by atoms with van der Waals surface area (Å²) >= 11 is 0. The van der Waals surface area contributed by atoms with Gasteiger partial charge >= 0.3 is 0 Å². The van der Waals surface area contributed by atoms with Crippen molar-refractivity contribution in [3.8, 4) is 5.75 Å². The second kappa shape index (κ2) is 3.06. The molecule has 1 nitrogen and oxygen atoms in total. The topological polar surface area (TPSA) is 20.2 Å². The van der Waals surface area contributed by atoms with E-state index in [1.165, 1.54) is 0 Å². The number of phenols is 1. The molecule has 1 aromatic carbocycles. The Labute approximate surface area is 80.4 Å². The van der Waals surface area contributed by atoms with Crippen LogP contribution in [0.4, 0.5) is 0 Å². The van der Waals surface area contributed by atoms with Crippen molar-refractivity contribution in [2.24, 2.45) is 0 Å². The van der Waals surface area contributed by atoms with Crippen molar-refractivity contribution in [2.45, 2.75) is 40.0 Å². The highest BCUT2D eigenvalue weighted by Gasteiger charge is 2.21. The van der Waals surface area contributed by atoms with Gasteiger partial charge in [0.05, 0.1) is 0 Å². The summed E-state index contributed by atoms with van der Waals surface area (Å²) in [6.07, 6.45) is 0. The van der Waals surface area contributed by atoms with E-state index in [1.807, 2.05) is 19.9 Å². The summed E-state index contributed by atoms with van der Waals surface area (Å²) in [5.41, 5.74) is 3.19. The molecular formula is C12H18O. The molecule has 1 rings (SSSR count). The van der Waals surface area contributed by atoms with Crippen LogP contribution in [0.5, 0.6) is 5.75 Å². The van der Waals surface area contributed by atoms with Crippen LogP contribution in [0.15, 0.2) is 12.1 Å². The maximum Gasteiger partial charge on any atom is 0.122 e. The maximum atomic E-state index is 9.91. The lowest BCUT2D eigenvalue weighted by molar-refractivity contribution is 0.441. The molecule has 1 aromatic rings. The van der Waals surface area contributed by atoms with Gasteiger partial charge in [-0.25, -0.2) is 0 Å². The number of rotatable bonds is 0. The Morgan fingerprint density at radius 3 is 1.85 bits per heavy atom. The van der Waals surface area contributed by atoms with Crippen LogP contribution in [0.25, 0.3) is 0 Å². The van der Waals surface area contributed by atoms with Crippen LogP contribution in [0, 0.1) is 13.8 Å². The molecule has 1 N–H and O–H groups in total. The summed E-state index contributed by atoms with van der Waals surface area (Å²) in [7, 11) is 0. The first kappa shape index (κ1) is 10.1. The molecule has 72 valence electrons. The van der Waals surface area contributed by atoms with E-state index in [2.05, 4.69) is 26.8 Å². The molecule has 0 heterocycles. The molecule has 0 atom stereocenters. The summed E-state index contributed by atoms with van der Waals surface area (Å²) in [6, 6.07) is 4.02. The summed E-state index contributed by atoms with van der Waals surface area (Å²) in [5, 5.41) is 9.91. The van der Waals surface area contributed by atoms with Gasteiger partial charge in [0, 0.05) is 5.56 Å². The third kappa shape index (κ3) is 1.85. The molecular weight excluding hydrogens is 160 g/mol. The highest BCUT2D eigenvalue weighted by Crippen LogP contribution is 2.35. The second-order valence-corrected chi connectivity index (χ2v) is 4.67. The van der Waals surface area contributed by atoms with E-state index in [9.17, 15) is 5.11 Å². The summed E-state index contributed by atoms with van der Waals surface area (Å²) in [4.78, 5) is 0. The van der Waals surface area contributed by atoms with Crippen LogP contribution in [0.3, 0.4) is 0 Å². The number of hydrogen-bond acceptors (Lipinski definition) is 1. The van der Waals surface area contributed by atoms with Gasteiger partial charge in [-0.15, -0.1) is 0 Å². The zero-order valence-electron chi connectivity index (χ0n) is 9.10. The number of phenolic OH excluding ortho intramolecular Hbond substituents is 1. The van der Waals surface area contributed by atoms with Gasteiger partial charge in [0.2, 0.25) is 0 Å². The van der Waals surface area contributed by atoms with Crippen molar-refractivity contribution in [1.82, 2.24) is 0 Å². The van der Waals surface area contributed by atoms with E-state index >= 15 is 0 Å². The Balaban J connectivity index is 3.43. The predicted molar refractivity (Wildman–Crippen MR) is 56.3 cm³/mol. The van der Waals surface area contributed by atoms with Gasteiger partial charge in [0.25, 0.3) is 0 Å². The average Bonchev–Trinajstić information content (AvgIpc) is 1.95. The molecule has 0 spiro atoms. The molecule has 0 aliphatic carbocycles. The molecule has 1 heteroatoms. The molecule has 0 saturated carbocycles. The van der Waals surface area contributed by atoms with Gasteiger partial charge in [-0.3, -0.25) is 0 Å². The quantitative estimate of drug-likeness (QED) is 0.646. The van der Waals surface area contributed by atoms with Crippen molar-refractivity contribution < 1.29 is 5.11 Å². The number of hydrogen-bond donors (Lipinski definition) is 1. The number of aromatic hydroxyl groups is 1. The minimum absolute atomic E-state index is 0.0141. The Morgan fingerprint density at radius 2 is 1.46 bits per heavy atom. The fourth-order valence-corrected chi connectivity index (χ4v) is 1.74. The van der Waals surface area contributed by atoms with Crippen LogP contribution in [0.1, 0.15) is 37.5 Å². The van der Waals surface area contributed by atoms with E-state index in [1.54, 1.807) is 0 Å². The molecule has 13 heavy (non-hydrogen) atoms. The molecule has 0 radical (unpaired) electrons. The smallest absolute Gasteiger partial charge is 0.122 e. The largest absolute Gasteiger partial charge is 0.507 e. The average molecular weight is 178 g/mol. The molecule has 0 unspecified atom stereocenters. The Kier molecular flexibility index (Phi) is 2.38. The third-order valence-corrected chi connectivity index (χ3v) is 2.34. The lowest BCUT2D eigenvalue weighted by Crippen LogP contribution is -2.13. The van der Waals surface area contributed by atoms with E-state index in [0.29, 0.717) is 5.75 Å². The first-order chi connectivity index (χ1) is 5.84. The minimum Gasteiger partial charge on any atom is -0.507 e. The van der Waals surface area contributed by atoms with Gasteiger partial charge in [-0.05, 0) is 30.4 Å². The predicted octanol–water partition coefficient (Wildman–Crippen LogP) is 3.31. The van der Waals surface area contributed by atoms with Crippen LogP contribution >= 0.6 is 0 Å². The van der Waals surface area contributed by atoms with Crippen LogP contribution < -0.4 is 0 Å². The Morgan fingerprint density at radius 1 is 1.00 bits per heavy atom. The second-order valence-electron chi connectivity index (χ2n) is 4.67. The van der Waals surface area contributed by atoms with Crippen LogP contribution in [-0.4, -0.2) is 5.11 Å². The molecule has 0 aliphatic rings. The van der Waals surface area contributed by atoms with E-state index in [-0.39, 0.29) is 5.41 Å². The zero-order valence-corrected chi connectivity index (χ0v) is 9.10. The minimum atomic E-state index is 0.0141. The van der Waals surface area contributed by atoms with E-state index in [4.69, 9.17) is 0 Å². The fraction of sp³-hybridized carbons (Fsp3) is 0.500. The molecule has 0 amide bonds. The van der Waals surface area contributed by atoms with Crippen molar-refractivity contribution in [2.75, 3.05) is 0 Å². The molecule has 0 fully saturated rings. The van der Waals surface area contributed by atoms with Gasteiger partial charge < -0.3 is 5.11 Å². The van der Waals surface area contributed by atoms with Crippen molar-refractivity contribution in [3.63, 3.8) is 0 Å². The summed E-state index contributed by atoms with van der Waals surface area (Å²) in [5.74, 6) is 0.451. The van der Waals surface area contributed by atoms with Crippen molar-refractivity contribution >= 4 is 0 Å². The van der Waals surface area contributed by atoms with Gasteiger partial charge in [-0.2, -0.15) is 0 Å². The first-order valence-corrected chi connectivity index (χ1v) is 4.63. The van der Waals surface area contributed by atoms with Crippen LogP contribution in [-0.2, 0) is 5.41 Å². The fourth-order valence-electron chi connectivity index (χ4n) is 1.74. The van der Waals surface area contributed by atoms with Gasteiger partial charge in [0.1, 0.15) is 5.75 Å². The molecule has 0 aromatic heterocycles. The van der Waals surface area contributed by atoms with Gasteiger partial charge in [0.15, 0.2) is 0 Å². The number of benzene rings is 1. The first-order valence-electron chi connectivity index (χ1n) is 4.63. The van der Waals surface area contributed by atoms with E-state index in [0.717, 1.165) is 16.7 Å². The van der Waals surface area contributed by atoms with Crippen molar-refractivity contribution in [3.05, 3.63) is 28.8 Å². The highest BCUT2D eigenvalue weighted by atomic mass is 16.3. The third-order valence-electron chi connectivity index (χ3n) is 2.34. The zero-order chi connectivity index (χ0) is 10.2. The van der Waals surface area contributed by atoms with Gasteiger partial charge in [-0.1, -0.05) is 32.9 Å². The highest BCUT2D eigenvalue weighted by molar-refractivity contribution is 5.47. The maximum absolute atomic E-state index is 9.91. The summed E-state index contributed by atoms with van der Waals surface area (Å²) in [6.45, 7) is 10.3. The monoisotopic (exact) mass is 178 g/mol. The molecule has 0 saturated heterocycles. The number of aryl methyl sites for hydroxylation is 2. The lowest BCUT2D eigenvalue weighted by Gasteiger charge is -2.23. The van der Waals surface area contributed by atoms with E-state index < -0.39 is 0 Å². The molecule has 0 bridgehead atoms. The summed E-state index contributed by atoms with van der Waals surface area (Å²) < 4.78 is 0. The van der Waals surface area contributed by atoms with Crippen molar-refractivity contribution in [1.29, 1.82) is 0 Å². The lowest BCUT2D eigenvalue weighted by atomic mass is 9.82. The Bertz CT molecular complexity index is 319. The molecule has 0 aliphatic heterocycles. The SMILES string of the molecule is Cc1ccc(C)c(C(C)(C)C)c1O. The standard InChI is InChI=1S/C12H18O/c1-8-6-7-9(2)11(13)10(8)12(3,4)5/h6-7,13H,1-5H3. The normalized spacial score (nSPS) is 11.8.